The molecule has 0 fully saturated rings. The molecular formula is C27H19NO6. The molecule has 2 heterocycles. The number of rotatable bonds is 4. The minimum atomic E-state index is -0.670. The molecule has 5 rings (SSSR count). The summed E-state index contributed by atoms with van der Waals surface area (Å²) in [6.45, 7) is 1.89. The highest BCUT2D eigenvalue weighted by molar-refractivity contribution is 6.13. The third-order valence-electron chi connectivity index (χ3n) is 5.76. The number of pyridine rings is 1. The third-order valence-corrected chi connectivity index (χ3v) is 5.76. The highest BCUT2D eigenvalue weighted by Crippen LogP contribution is 2.40. The van der Waals surface area contributed by atoms with E-state index < -0.39 is 11.9 Å². The van der Waals surface area contributed by atoms with E-state index in [-0.39, 0.29) is 41.4 Å². The number of hydrogen-bond acceptors (Lipinski definition) is 6. The van der Waals surface area contributed by atoms with Crippen LogP contribution in [0, 0.1) is 6.92 Å². The van der Waals surface area contributed by atoms with Crippen molar-refractivity contribution in [1.29, 1.82) is 0 Å². The first kappa shape index (κ1) is 21.3. The van der Waals surface area contributed by atoms with Gasteiger partial charge in [0.05, 0.1) is 22.2 Å². The standard InChI is InChI=1S/C27H19NO6/c1-16-14-22(30)28-13-12-19(29)24-21(34-27(32)18-10-6-3-7-11-18)15-20(23(16)25(24)28)33-26(31)17-8-4-2-5-9-17/h2-11,14-15H,12-13H2,1H3. The minimum Gasteiger partial charge on any atom is -0.422 e. The predicted molar refractivity (Wildman–Crippen MR) is 125 cm³/mol. The summed E-state index contributed by atoms with van der Waals surface area (Å²) < 4.78 is 12.8. The van der Waals surface area contributed by atoms with Gasteiger partial charge in [-0.1, -0.05) is 36.4 Å². The van der Waals surface area contributed by atoms with Crippen LogP contribution in [-0.2, 0) is 6.54 Å². The van der Waals surface area contributed by atoms with Gasteiger partial charge in [-0.05, 0) is 36.8 Å². The van der Waals surface area contributed by atoms with E-state index in [0.29, 0.717) is 27.6 Å². The molecule has 4 aromatic rings. The van der Waals surface area contributed by atoms with Crippen molar-refractivity contribution in [2.75, 3.05) is 0 Å². The lowest BCUT2D eigenvalue weighted by Crippen LogP contribution is -2.28. The molecule has 0 unspecified atom stereocenters. The summed E-state index contributed by atoms with van der Waals surface area (Å²) in [4.78, 5) is 51.3. The number of hydrogen-bond donors (Lipinski definition) is 0. The summed E-state index contributed by atoms with van der Waals surface area (Å²) in [6.07, 6.45) is 0.0874. The number of benzene rings is 3. The fraction of sp³-hybridized carbons (Fsp3) is 0.111. The van der Waals surface area contributed by atoms with Crippen LogP contribution in [-0.4, -0.2) is 22.3 Å². The largest absolute Gasteiger partial charge is 0.422 e. The summed E-state index contributed by atoms with van der Waals surface area (Å²) >= 11 is 0. The van der Waals surface area contributed by atoms with Crippen LogP contribution in [0.1, 0.15) is 43.1 Å². The van der Waals surface area contributed by atoms with Gasteiger partial charge in [-0.15, -0.1) is 0 Å². The normalized spacial score (nSPS) is 12.4. The Bertz CT molecular complexity index is 1520. The molecule has 7 nitrogen and oxygen atoms in total. The molecule has 1 aliphatic heterocycles. The van der Waals surface area contributed by atoms with Crippen molar-refractivity contribution >= 4 is 28.6 Å². The van der Waals surface area contributed by atoms with Crippen LogP contribution >= 0.6 is 0 Å². The van der Waals surface area contributed by atoms with Crippen LogP contribution in [0.2, 0.25) is 0 Å². The van der Waals surface area contributed by atoms with Crippen LogP contribution in [0.25, 0.3) is 10.9 Å². The molecule has 3 aromatic carbocycles. The SMILES string of the molecule is Cc1cc(=O)n2c3c(c(OC(=O)c4ccccc4)cc(OC(=O)c4ccccc4)c13)C(=O)CC2. The van der Waals surface area contributed by atoms with Crippen LogP contribution < -0.4 is 15.0 Å². The zero-order valence-corrected chi connectivity index (χ0v) is 18.2. The van der Waals surface area contributed by atoms with Gasteiger partial charge in [0.1, 0.15) is 11.5 Å². The maximum absolute atomic E-state index is 13.0. The molecule has 34 heavy (non-hydrogen) atoms. The minimum absolute atomic E-state index is 0.0549. The van der Waals surface area contributed by atoms with E-state index in [1.165, 1.54) is 16.7 Å². The van der Waals surface area contributed by atoms with Crippen molar-refractivity contribution in [3.63, 3.8) is 0 Å². The molecule has 0 saturated carbocycles. The number of carbonyl (C=O) groups excluding carboxylic acids is 3. The Kier molecular flexibility index (Phi) is 5.30. The maximum Gasteiger partial charge on any atom is 0.343 e. The molecular weight excluding hydrogens is 434 g/mol. The number of Topliss-reactive ketones (excluding diaryl/α,β-unsaturated/α-hetero) is 1. The van der Waals surface area contributed by atoms with Crippen LogP contribution in [0.4, 0.5) is 0 Å². The lowest BCUT2D eigenvalue weighted by molar-refractivity contribution is 0.0732. The summed E-state index contributed by atoms with van der Waals surface area (Å²) in [6, 6.07) is 19.6. The Morgan fingerprint density at radius 1 is 0.794 bits per heavy atom. The second-order valence-corrected chi connectivity index (χ2v) is 7.97. The van der Waals surface area contributed by atoms with Gasteiger partial charge in [0.25, 0.3) is 5.56 Å². The van der Waals surface area contributed by atoms with Crippen LogP contribution in [0.15, 0.2) is 77.6 Å². The highest BCUT2D eigenvalue weighted by Gasteiger charge is 2.30. The molecule has 7 heteroatoms. The molecule has 0 bridgehead atoms. The Morgan fingerprint density at radius 2 is 1.35 bits per heavy atom. The molecule has 0 amide bonds. The average Bonchev–Trinajstić information content (AvgIpc) is 2.84. The van der Waals surface area contributed by atoms with Crippen molar-refractivity contribution in [3.05, 3.63) is 105 Å². The Hall–Kier alpha value is -4.52. The number of ketones is 1. The first-order chi connectivity index (χ1) is 16.4. The number of ether oxygens (including phenoxy) is 2. The van der Waals surface area contributed by atoms with Gasteiger partial charge < -0.3 is 14.0 Å². The van der Waals surface area contributed by atoms with Crippen LogP contribution in [0.3, 0.4) is 0 Å². The summed E-state index contributed by atoms with van der Waals surface area (Å²) in [7, 11) is 0. The Labute approximate surface area is 194 Å². The van der Waals surface area contributed by atoms with Crippen LogP contribution in [0.5, 0.6) is 11.5 Å². The van der Waals surface area contributed by atoms with Crippen molar-refractivity contribution in [2.24, 2.45) is 0 Å². The Morgan fingerprint density at radius 3 is 1.94 bits per heavy atom. The monoisotopic (exact) mass is 453 g/mol. The van der Waals surface area contributed by atoms with Gasteiger partial charge >= 0.3 is 11.9 Å². The number of esters is 2. The Balaban J connectivity index is 1.72. The van der Waals surface area contributed by atoms with Crippen molar-refractivity contribution in [3.8, 4) is 11.5 Å². The smallest absolute Gasteiger partial charge is 0.343 e. The molecule has 0 aliphatic carbocycles. The summed E-state index contributed by atoms with van der Waals surface area (Å²) in [5.74, 6) is -1.50. The van der Waals surface area contributed by atoms with Crippen molar-refractivity contribution in [1.82, 2.24) is 4.57 Å². The molecule has 1 aromatic heterocycles. The van der Waals surface area contributed by atoms with E-state index in [2.05, 4.69) is 0 Å². The van der Waals surface area contributed by atoms with E-state index in [1.54, 1.807) is 67.6 Å². The predicted octanol–water partition coefficient (Wildman–Crippen LogP) is 4.33. The van der Waals surface area contributed by atoms with Gasteiger partial charge in [0.2, 0.25) is 0 Å². The van der Waals surface area contributed by atoms with Gasteiger partial charge in [-0.3, -0.25) is 9.59 Å². The molecule has 0 saturated heterocycles. The summed E-state index contributed by atoms with van der Waals surface area (Å²) in [5.41, 5.74) is 1.31. The van der Waals surface area contributed by atoms with Gasteiger partial charge in [-0.2, -0.15) is 0 Å². The molecule has 168 valence electrons. The fourth-order valence-corrected chi connectivity index (χ4v) is 4.18. The zero-order valence-electron chi connectivity index (χ0n) is 18.2. The molecule has 0 radical (unpaired) electrons. The first-order valence-corrected chi connectivity index (χ1v) is 10.7. The van der Waals surface area contributed by atoms with E-state index in [9.17, 15) is 19.2 Å². The summed E-state index contributed by atoms with van der Waals surface area (Å²) in [5, 5.41) is 0.450. The third kappa shape index (κ3) is 3.67. The molecule has 1 aliphatic rings. The second kappa shape index (κ2) is 8.44. The fourth-order valence-electron chi connectivity index (χ4n) is 4.18. The number of aromatic nitrogens is 1. The topological polar surface area (TPSA) is 91.7 Å². The first-order valence-electron chi connectivity index (χ1n) is 10.7. The van der Waals surface area contributed by atoms with E-state index >= 15 is 0 Å². The molecule has 0 N–H and O–H groups in total. The average molecular weight is 453 g/mol. The van der Waals surface area contributed by atoms with Gasteiger partial charge in [0.15, 0.2) is 5.78 Å². The van der Waals surface area contributed by atoms with Crippen molar-refractivity contribution < 1.29 is 23.9 Å². The lowest BCUT2D eigenvalue weighted by Gasteiger charge is -2.23. The zero-order chi connectivity index (χ0) is 23.8. The van der Waals surface area contributed by atoms with Crippen molar-refractivity contribution in [2.45, 2.75) is 19.9 Å². The number of aryl methyl sites for hydroxylation is 2. The van der Waals surface area contributed by atoms with Gasteiger partial charge in [-0.25, -0.2) is 9.59 Å². The van der Waals surface area contributed by atoms with E-state index in [0.717, 1.165) is 0 Å². The van der Waals surface area contributed by atoms with E-state index in [1.807, 2.05) is 0 Å². The molecule has 0 spiro atoms. The maximum atomic E-state index is 13.0. The highest BCUT2D eigenvalue weighted by atomic mass is 16.5. The quantitative estimate of drug-likeness (QED) is 0.337. The second-order valence-electron chi connectivity index (χ2n) is 7.97. The lowest BCUT2D eigenvalue weighted by atomic mass is 9.96. The van der Waals surface area contributed by atoms with E-state index in [4.69, 9.17) is 9.47 Å². The number of carbonyl (C=O) groups is 3. The molecule has 0 atom stereocenters. The van der Waals surface area contributed by atoms with Gasteiger partial charge in [0, 0.05) is 30.5 Å². The number of nitrogens with zero attached hydrogens (tertiary/aromatic N) is 1.